The number of rotatable bonds is 5. The molecule has 40 heavy (non-hydrogen) atoms. The number of aromatic nitrogens is 2. The van der Waals surface area contributed by atoms with Crippen LogP contribution < -0.4 is 5.32 Å². The molecule has 0 radical (unpaired) electrons. The maximum Gasteiger partial charge on any atom is 0.420 e. The second-order valence-corrected chi connectivity index (χ2v) is 9.35. The summed E-state index contributed by atoms with van der Waals surface area (Å²) in [5.41, 5.74) is 1.98. The fourth-order valence-corrected chi connectivity index (χ4v) is 4.62. The number of carboxylic acid groups (broad SMARTS) is 1. The van der Waals surface area contributed by atoms with Crippen molar-refractivity contribution in [2.45, 2.75) is 38.3 Å². The van der Waals surface area contributed by atoms with Gasteiger partial charge in [-0.15, -0.1) is 0 Å². The van der Waals surface area contributed by atoms with Crippen molar-refractivity contribution in [1.29, 1.82) is 0 Å². The van der Waals surface area contributed by atoms with E-state index < -0.39 is 29.5 Å². The number of benzene rings is 2. The molecule has 2 N–H and O–H groups in total. The molecule has 0 unspecified atom stereocenters. The summed E-state index contributed by atoms with van der Waals surface area (Å²) in [6, 6.07) is 12.2. The first-order chi connectivity index (χ1) is 19.0. The Morgan fingerprint density at radius 3 is 2.52 bits per heavy atom. The number of likely N-dealkylation sites (tertiary alicyclic amines) is 1. The molecule has 1 aromatic heterocycles. The maximum atomic E-state index is 13.7. The zero-order chi connectivity index (χ0) is 28.9. The zero-order valence-electron chi connectivity index (χ0n) is 21.9. The molecule has 1 amide bonds. The Labute approximate surface area is 229 Å². The van der Waals surface area contributed by atoms with Crippen LogP contribution in [-0.4, -0.2) is 52.2 Å². The van der Waals surface area contributed by atoms with Crippen LogP contribution in [0.25, 0.3) is 0 Å². The Morgan fingerprint density at radius 1 is 1.15 bits per heavy atom. The maximum absolute atomic E-state index is 13.7. The van der Waals surface area contributed by atoms with Crippen LogP contribution in [0.1, 0.15) is 52.3 Å². The van der Waals surface area contributed by atoms with E-state index in [1.807, 2.05) is 19.1 Å². The number of halogens is 3. The summed E-state index contributed by atoms with van der Waals surface area (Å²) in [6.45, 7) is 2.87. The number of ether oxygens (including phenoxy) is 1. The van der Waals surface area contributed by atoms with Gasteiger partial charge in [0, 0.05) is 30.5 Å². The predicted octanol–water partition coefficient (Wildman–Crippen LogP) is 5.52. The Bertz CT molecular complexity index is 1470. The number of carbonyl (C=O) groups is 2. The zero-order valence-corrected chi connectivity index (χ0v) is 21.9. The Balaban J connectivity index is 1.58. The second-order valence-electron chi connectivity index (χ2n) is 9.35. The van der Waals surface area contributed by atoms with Crippen molar-refractivity contribution in [3.05, 3.63) is 82.2 Å². The van der Waals surface area contributed by atoms with E-state index in [1.54, 1.807) is 30.3 Å². The van der Waals surface area contributed by atoms with Crippen LogP contribution in [0, 0.1) is 18.8 Å². The molecule has 2 heterocycles. The highest BCUT2D eigenvalue weighted by Crippen LogP contribution is 2.33. The number of amides is 1. The van der Waals surface area contributed by atoms with Crippen molar-refractivity contribution < 1.29 is 32.6 Å². The minimum atomic E-state index is -4.72. The van der Waals surface area contributed by atoms with Crippen molar-refractivity contribution in [1.82, 2.24) is 14.9 Å². The lowest BCUT2D eigenvalue weighted by molar-refractivity contribution is -0.140. The first kappa shape index (κ1) is 28.4. The molecular weight excluding hydrogens is 525 g/mol. The summed E-state index contributed by atoms with van der Waals surface area (Å²) in [5, 5.41) is 12.1. The molecule has 3 aromatic rings. The lowest BCUT2D eigenvalue weighted by Crippen LogP contribution is -2.36. The summed E-state index contributed by atoms with van der Waals surface area (Å²) < 4.78 is 45.8. The Morgan fingerprint density at radius 2 is 1.88 bits per heavy atom. The molecule has 1 aliphatic rings. The van der Waals surface area contributed by atoms with E-state index >= 15 is 0 Å². The number of aryl methyl sites for hydroxylation is 1. The van der Waals surface area contributed by atoms with Crippen molar-refractivity contribution in [2.75, 3.05) is 25.5 Å². The van der Waals surface area contributed by atoms with Gasteiger partial charge in [-0.05, 0) is 66.5 Å². The van der Waals surface area contributed by atoms with Crippen LogP contribution in [0.15, 0.2) is 48.7 Å². The monoisotopic (exact) mass is 552 g/mol. The summed E-state index contributed by atoms with van der Waals surface area (Å²) in [5.74, 6) is 4.89. The summed E-state index contributed by atoms with van der Waals surface area (Å²) >= 11 is 0. The molecule has 0 saturated carbocycles. The minimum Gasteiger partial charge on any atom is -0.469 e. The first-order valence-electron chi connectivity index (χ1n) is 12.5. The number of anilines is 2. The Kier molecular flexibility index (Phi) is 8.58. The van der Waals surface area contributed by atoms with E-state index in [9.17, 15) is 27.9 Å². The van der Waals surface area contributed by atoms with Gasteiger partial charge in [0.05, 0.1) is 13.5 Å². The third-order valence-electron chi connectivity index (χ3n) is 6.72. The van der Waals surface area contributed by atoms with Gasteiger partial charge < -0.3 is 20.1 Å². The van der Waals surface area contributed by atoms with Gasteiger partial charge in [0.1, 0.15) is 11.3 Å². The quantitative estimate of drug-likeness (QED) is 0.317. The largest absolute Gasteiger partial charge is 0.469 e. The first-order valence-corrected chi connectivity index (χ1v) is 12.5. The van der Waals surface area contributed by atoms with E-state index in [0.29, 0.717) is 48.9 Å². The van der Waals surface area contributed by atoms with Gasteiger partial charge in [-0.2, -0.15) is 13.2 Å². The smallest absolute Gasteiger partial charge is 0.420 e. The van der Waals surface area contributed by atoms with Crippen molar-refractivity contribution in [3.8, 4) is 11.8 Å². The number of nitrogens with one attached hydrogen (secondary N) is 1. The second kappa shape index (κ2) is 12.1. The topological polar surface area (TPSA) is 105 Å². The number of hydrogen-bond acceptors (Lipinski definition) is 6. The van der Waals surface area contributed by atoms with Crippen LogP contribution >= 0.6 is 0 Å². The van der Waals surface area contributed by atoms with E-state index in [2.05, 4.69) is 31.9 Å². The average molecular weight is 553 g/mol. The molecule has 8 nitrogen and oxygen atoms in total. The van der Waals surface area contributed by atoms with E-state index in [4.69, 9.17) is 0 Å². The lowest BCUT2D eigenvalue weighted by Gasteiger charge is -2.31. The third-order valence-corrected chi connectivity index (χ3v) is 6.72. The average Bonchev–Trinajstić information content (AvgIpc) is 2.92. The number of nitrogens with zero attached hydrogens (tertiary/aromatic N) is 3. The molecule has 208 valence electrons. The number of esters is 1. The lowest BCUT2D eigenvalue weighted by atomic mass is 9.87. The standard InChI is InChI=1S/C29H27F3N4O4/c1-18-15-22(8-9-23(18)20-11-13-36(14-12-20)28(38)39)34-27-33-17-24(29(30,31)32)25(35-27)10-7-19-5-3-4-6-21(19)16-26(37)40-2/h3-6,8-9,15,17,20H,11-14,16H2,1-2H3,(H,38,39)(H,33,34,35). The van der Waals surface area contributed by atoms with Gasteiger partial charge in [0.15, 0.2) is 0 Å². The highest BCUT2D eigenvalue weighted by Gasteiger charge is 2.35. The van der Waals surface area contributed by atoms with Gasteiger partial charge in [0.25, 0.3) is 0 Å². The SMILES string of the molecule is COC(=O)Cc1ccccc1C#Cc1nc(Nc2ccc(C3CCN(C(=O)O)CC3)c(C)c2)ncc1C(F)(F)F. The molecule has 0 aliphatic carbocycles. The van der Waals surface area contributed by atoms with Gasteiger partial charge in [-0.25, -0.2) is 14.8 Å². The third kappa shape index (κ3) is 6.88. The highest BCUT2D eigenvalue weighted by atomic mass is 19.4. The van der Waals surface area contributed by atoms with Crippen LogP contribution in [0.4, 0.5) is 29.6 Å². The van der Waals surface area contributed by atoms with Gasteiger partial charge in [-0.1, -0.05) is 30.2 Å². The summed E-state index contributed by atoms with van der Waals surface area (Å²) in [6.07, 6.45) is -3.59. The predicted molar refractivity (Wildman–Crippen MR) is 141 cm³/mol. The molecule has 1 saturated heterocycles. The molecular formula is C29H27F3N4O4. The number of hydrogen-bond donors (Lipinski definition) is 2. The molecule has 1 fully saturated rings. The minimum absolute atomic E-state index is 0.0536. The molecule has 1 aliphatic heterocycles. The fourth-order valence-electron chi connectivity index (χ4n) is 4.62. The highest BCUT2D eigenvalue weighted by molar-refractivity contribution is 5.73. The fraction of sp³-hybridized carbons (Fsp3) is 0.310. The molecule has 2 aromatic carbocycles. The Hall–Kier alpha value is -4.59. The normalized spacial score (nSPS) is 13.8. The number of alkyl halides is 3. The molecule has 4 rings (SSSR count). The van der Waals surface area contributed by atoms with Crippen LogP contribution in [0.5, 0.6) is 0 Å². The summed E-state index contributed by atoms with van der Waals surface area (Å²) in [4.78, 5) is 32.2. The number of carbonyl (C=O) groups excluding carboxylic acids is 1. The van der Waals surface area contributed by atoms with Gasteiger partial charge >= 0.3 is 18.2 Å². The molecule has 0 spiro atoms. The van der Waals surface area contributed by atoms with Gasteiger partial charge in [0.2, 0.25) is 5.95 Å². The van der Waals surface area contributed by atoms with Crippen molar-refractivity contribution in [2.24, 2.45) is 0 Å². The van der Waals surface area contributed by atoms with E-state index in [1.165, 1.54) is 12.0 Å². The van der Waals surface area contributed by atoms with Crippen molar-refractivity contribution >= 4 is 23.7 Å². The molecule has 0 atom stereocenters. The number of methoxy groups -OCH3 is 1. The molecule has 0 bridgehead atoms. The van der Waals surface area contributed by atoms with Crippen molar-refractivity contribution in [3.63, 3.8) is 0 Å². The van der Waals surface area contributed by atoms with Gasteiger partial charge in [-0.3, -0.25) is 4.79 Å². The van der Waals surface area contributed by atoms with Crippen LogP contribution in [-0.2, 0) is 22.1 Å². The number of piperidine rings is 1. The summed E-state index contributed by atoms with van der Waals surface area (Å²) in [7, 11) is 1.25. The van der Waals surface area contributed by atoms with Crippen LogP contribution in [0.3, 0.4) is 0 Å². The van der Waals surface area contributed by atoms with E-state index in [0.717, 1.165) is 11.1 Å². The van der Waals surface area contributed by atoms with E-state index in [-0.39, 0.29) is 18.3 Å². The molecule has 11 heteroatoms. The van der Waals surface area contributed by atoms with Crippen LogP contribution in [0.2, 0.25) is 0 Å².